The van der Waals surface area contributed by atoms with E-state index in [0.29, 0.717) is 11.6 Å². The number of hydrogen-bond acceptors (Lipinski definition) is 5. The van der Waals surface area contributed by atoms with Gasteiger partial charge in [0.25, 0.3) is 0 Å². The number of nitrogens with zero attached hydrogens (tertiary/aromatic N) is 4. The fourth-order valence-corrected chi connectivity index (χ4v) is 4.09. The van der Waals surface area contributed by atoms with E-state index in [-0.39, 0.29) is 18.5 Å². The van der Waals surface area contributed by atoms with Crippen LogP contribution in [0.1, 0.15) is 13.8 Å². The van der Waals surface area contributed by atoms with Crippen molar-refractivity contribution in [3.63, 3.8) is 0 Å². The van der Waals surface area contributed by atoms with Gasteiger partial charge in [0.2, 0.25) is 11.9 Å². The third-order valence-electron chi connectivity index (χ3n) is 5.75. The second-order valence-electron chi connectivity index (χ2n) is 8.93. The monoisotopic (exact) mass is 488 g/mol. The maximum atomic E-state index is 12.2. The highest BCUT2D eigenvalue weighted by molar-refractivity contribution is 5.81. The van der Waals surface area contributed by atoms with E-state index in [1.165, 1.54) is 0 Å². The van der Waals surface area contributed by atoms with Crippen LogP contribution in [0, 0.1) is 0 Å². The van der Waals surface area contributed by atoms with E-state index in [0.717, 1.165) is 33.8 Å². The van der Waals surface area contributed by atoms with Gasteiger partial charge >= 0.3 is 0 Å². The van der Waals surface area contributed by atoms with E-state index in [1.807, 2.05) is 97.4 Å². The Labute approximate surface area is 216 Å². The minimum Gasteiger partial charge on any atom is -0.352 e. The van der Waals surface area contributed by atoms with Crippen LogP contribution in [0.15, 0.2) is 103 Å². The van der Waals surface area contributed by atoms with Crippen LogP contribution in [0.25, 0.3) is 39.5 Å². The maximum Gasteiger partial charge on any atom is 0.239 e. The van der Waals surface area contributed by atoms with Gasteiger partial charge in [0.05, 0.1) is 24.1 Å². The minimum atomic E-state index is -0.116. The molecule has 5 aromatic rings. The van der Waals surface area contributed by atoms with Crippen molar-refractivity contribution in [1.29, 1.82) is 0 Å². The van der Waals surface area contributed by atoms with E-state index < -0.39 is 0 Å². The summed E-state index contributed by atoms with van der Waals surface area (Å²) in [5, 5.41) is 10.9. The Kier molecular flexibility index (Phi) is 7.03. The number of benzene rings is 3. The molecule has 0 aliphatic heterocycles. The molecule has 2 N–H and O–H groups in total. The molecule has 184 valence electrons. The first-order valence-corrected chi connectivity index (χ1v) is 12.3. The summed E-state index contributed by atoms with van der Waals surface area (Å²) >= 11 is 0. The molecule has 7 heteroatoms. The largest absolute Gasteiger partial charge is 0.352 e. The maximum absolute atomic E-state index is 12.2. The minimum absolute atomic E-state index is 0.0625. The van der Waals surface area contributed by atoms with E-state index in [4.69, 9.17) is 10.1 Å². The van der Waals surface area contributed by atoms with Crippen molar-refractivity contribution in [2.24, 2.45) is 0 Å². The highest BCUT2D eigenvalue weighted by Crippen LogP contribution is 2.32. The summed E-state index contributed by atoms with van der Waals surface area (Å²) < 4.78 is 1.90. The smallest absolute Gasteiger partial charge is 0.239 e. The number of amides is 1. The number of aromatic nitrogens is 4. The lowest BCUT2D eigenvalue weighted by Gasteiger charge is -2.14. The molecule has 1 amide bonds. The molecule has 0 saturated carbocycles. The Hall–Kier alpha value is -4.78. The standard InChI is InChI=1S/C30H28N6O/c1-21(2)33-28(37)20-32-30-31-19-27(29(34-30)24-16-10-5-11-17-24)36-26(23-14-8-4-9-15-23)18-25(35-36)22-12-6-3-7-13-22/h3-19,21H,20H2,1-2H3,(H,33,37)(H,31,32,34). The van der Waals surface area contributed by atoms with Gasteiger partial charge in [-0.3, -0.25) is 4.79 Å². The van der Waals surface area contributed by atoms with Gasteiger partial charge in [-0.2, -0.15) is 5.10 Å². The lowest BCUT2D eigenvalue weighted by atomic mass is 10.1. The Morgan fingerprint density at radius 1 is 0.838 bits per heavy atom. The summed E-state index contributed by atoms with van der Waals surface area (Å²) in [6.07, 6.45) is 1.76. The van der Waals surface area contributed by atoms with Crippen molar-refractivity contribution in [2.45, 2.75) is 19.9 Å². The van der Waals surface area contributed by atoms with Crippen LogP contribution in [0.3, 0.4) is 0 Å². The van der Waals surface area contributed by atoms with Crippen LogP contribution >= 0.6 is 0 Å². The summed E-state index contributed by atoms with van der Waals surface area (Å²) in [6, 6.07) is 32.3. The third-order valence-corrected chi connectivity index (χ3v) is 5.75. The topological polar surface area (TPSA) is 84.7 Å². The molecule has 0 spiro atoms. The Morgan fingerprint density at radius 2 is 1.43 bits per heavy atom. The molecular formula is C30H28N6O. The van der Waals surface area contributed by atoms with E-state index in [9.17, 15) is 4.79 Å². The summed E-state index contributed by atoms with van der Waals surface area (Å²) in [4.78, 5) is 21.5. The van der Waals surface area contributed by atoms with E-state index >= 15 is 0 Å². The summed E-state index contributed by atoms with van der Waals surface area (Å²) in [5.41, 5.74) is 6.21. The number of anilines is 1. The molecule has 0 bridgehead atoms. The zero-order valence-electron chi connectivity index (χ0n) is 20.8. The zero-order valence-corrected chi connectivity index (χ0v) is 20.8. The number of nitrogens with one attached hydrogen (secondary N) is 2. The van der Waals surface area contributed by atoms with Crippen LogP contribution in [0.2, 0.25) is 0 Å². The quantitative estimate of drug-likeness (QED) is 0.297. The molecule has 3 aromatic carbocycles. The second-order valence-corrected chi connectivity index (χ2v) is 8.93. The predicted molar refractivity (Wildman–Crippen MR) is 147 cm³/mol. The van der Waals surface area contributed by atoms with Crippen LogP contribution in [0.5, 0.6) is 0 Å². The summed E-state index contributed by atoms with van der Waals surface area (Å²) in [7, 11) is 0. The predicted octanol–water partition coefficient (Wildman–Crippen LogP) is 5.60. The van der Waals surface area contributed by atoms with Gasteiger partial charge < -0.3 is 10.6 Å². The van der Waals surface area contributed by atoms with Gasteiger partial charge in [0.15, 0.2) is 0 Å². The van der Waals surface area contributed by atoms with Gasteiger partial charge in [0.1, 0.15) is 11.4 Å². The molecule has 0 aliphatic carbocycles. The lowest BCUT2D eigenvalue weighted by molar-refractivity contribution is -0.119. The van der Waals surface area contributed by atoms with Crippen molar-refractivity contribution < 1.29 is 4.79 Å². The third kappa shape index (κ3) is 5.56. The number of hydrogen-bond donors (Lipinski definition) is 2. The molecule has 7 nitrogen and oxygen atoms in total. The number of carbonyl (C=O) groups is 1. The van der Waals surface area contributed by atoms with Gasteiger partial charge in [0, 0.05) is 22.7 Å². The van der Waals surface area contributed by atoms with Crippen molar-refractivity contribution in [1.82, 2.24) is 25.1 Å². The molecule has 5 rings (SSSR count). The first-order valence-electron chi connectivity index (χ1n) is 12.3. The normalized spacial score (nSPS) is 10.9. The molecule has 2 heterocycles. The highest BCUT2D eigenvalue weighted by Gasteiger charge is 2.19. The first kappa shape index (κ1) is 23.9. The van der Waals surface area contributed by atoms with Gasteiger partial charge in [-0.05, 0) is 19.9 Å². The van der Waals surface area contributed by atoms with Gasteiger partial charge in [-0.25, -0.2) is 14.6 Å². The van der Waals surface area contributed by atoms with E-state index in [1.54, 1.807) is 6.20 Å². The van der Waals surface area contributed by atoms with Crippen molar-refractivity contribution in [3.05, 3.63) is 103 Å². The highest BCUT2D eigenvalue weighted by atomic mass is 16.1. The van der Waals surface area contributed by atoms with Crippen LogP contribution < -0.4 is 10.6 Å². The summed E-state index contributed by atoms with van der Waals surface area (Å²) in [6.45, 7) is 3.94. The fourth-order valence-electron chi connectivity index (χ4n) is 4.09. The molecule has 2 aromatic heterocycles. The lowest BCUT2D eigenvalue weighted by Crippen LogP contribution is -2.35. The van der Waals surface area contributed by atoms with Crippen LogP contribution in [-0.4, -0.2) is 38.2 Å². The average molecular weight is 489 g/mol. The molecule has 0 aliphatic rings. The molecule has 0 radical (unpaired) electrons. The number of carbonyl (C=O) groups excluding carboxylic acids is 1. The van der Waals surface area contributed by atoms with Crippen molar-refractivity contribution >= 4 is 11.9 Å². The SMILES string of the molecule is CC(C)NC(=O)CNc1ncc(-n2nc(-c3ccccc3)cc2-c2ccccc2)c(-c2ccccc2)n1. The van der Waals surface area contributed by atoms with Gasteiger partial charge in [-0.1, -0.05) is 91.0 Å². The molecule has 0 saturated heterocycles. The van der Waals surface area contributed by atoms with Crippen molar-refractivity contribution in [2.75, 3.05) is 11.9 Å². The summed E-state index contributed by atoms with van der Waals surface area (Å²) in [5.74, 6) is 0.257. The Balaban J connectivity index is 1.62. The number of rotatable bonds is 8. The van der Waals surface area contributed by atoms with Crippen molar-refractivity contribution in [3.8, 4) is 39.5 Å². The van der Waals surface area contributed by atoms with Crippen LogP contribution in [0.4, 0.5) is 5.95 Å². The molecule has 0 unspecified atom stereocenters. The Bertz CT molecular complexity index is 1480. The fraction of sp³-hybridized carbons (Fsp3) is 0.133. The second kappa shape index (κ2) is 10.9. The molecule has 0 fully saturated rings. The molecule has 37 heavy (non-hydrogen) atoms. The van der Waals surface area contributed by atoms with Crippen LogP contribution in [-0.2, 0) is 4.79 Å². The van der Waals surface area contributed by atoms with Gasteiger partial charge in [-0.15, -0.1) is 0 Å². The average Bonchev–Trinajstić information content (AvgIpc) is 3.38. The zero-order chi connectivity index (χ0) is 25.6. The molecular weight excluding hydrogens is 460 g/mol. The van der Waals surface area contributed by atoms with E-state index in [2.05, 4.69) is 33.8 Å². The first-order chi connectivity index (χ1) is 18.1. The Morgan fingerprint density at radius 3 is 2.05 bits per heavy atom. The molecule has 0 atom stereocenters.